The first-order valence-corrected chi connectivity index (χ1v) is 9.40. The second-order valence-electron chi connectivity index (χ2n) is 5.81. The number of amidine groups is 1. The molecule has 1 aliphatic heterocycles. The van der Waals surface area contributed by atoms with Gasteiger partial charge in [-0.25, -0.2) is 4.39 Å². The lowest BCUT2D eigenvalue weighted by Gasteiger charge is -2.29. The zero-order valence-corrected chi connectivity index (χ0v) is 14.7. The lowest BCUT2D eigenvalue weighted by molar-refractivity contribution is 0.0683. The van der Waals surface area contributed by atoms with E-state index in [1.165, 1.54) is 36.4 Å². The number of hydrogen-bond acceptors (Lipinski definition) is 3. The molecule has 0 aromatic heterocycles. The van der Waals surface area contributed by atoms with Crippen LogP contribution in [0.5, 0.6) is 0 Å². The second-order valence-corrected chi connectivity index (χ2v) is 7.41. The van der Waals surface area contributed by atoms with Gasteiger partial charge in [-0.3, -0.25) is 0 Å². The van der Waals surface area contributed by atoms with Crippen LogP contribution < -0.4 is 0 Å². The molecule has 1 fully saturated rings. The summed E-state index contributed by atoms with van der Waals surface area (Å²) in [7, 11) is -3.87. The predicted octanol–water partition coefficient (Wildman–Crippen LogP) is 2.60. The first-order chi connectivity index (χ1) is 12.0. The highest BCUT2D eigenvalue weighted by Gasteiger charge is 2.21. The van der Waals surface area contributed by atoms with Crippen LogP contribution in [0.15, 0.2) is 57.8 Å². The van der Waals surface area contributed by atoms with Gasteiger partial charge in [0.25, 0.3) is 10.0 Å². The highest BCUT2D eigenvalue weighted by molar-refractivity contribution is 7.90. The maximum Gasteiger partial charge on any atom is 0.284 e. The van der Waals surface area contributed by atoms with Crippen LogP contribution in [0.4, 0.5) is 4.39 Å². The van der Waals surface area contributed by atoms with Crippen molar-refractivity contribution in [2.24, 2.45) is 4.40 Å². The van der Waals surface area contributed by atoms with Crippen molar-refractivity contribution in [1.82, 2.24) is 4.90 Å². The third-order valence-electron chi connectivity index (χ3n) is 3.94. The Morgan fingerprint density at radius 2 is 1.64 bits per heavy atom. The molecule has 1 saturated heterocycles. The summed E-state index contributed by atoms with van der Waals surface area (Å²) >= 11 is 0. The Morgan fingerprint density at radius 3 is 2.24 bits per heavy atom. The Balaban J connectivity index is 2.04. The van der Waals surface area contributed by atoms with Crippen LogP contribution in [-0.4, -0.2) is 45.5 Å². The minimum absolute atomic E-state index is 0.131. The van der Waals surface area contributed by atoms with E-state index in [1.807, 2.05) is 11.8 Å². The van der Waals surface area contributed by atoms with Gasteiger partial charge in [-0.15, -0.1) is 4.40 Å². The number of hydrogen-bond donors (Lipinski definition) is 0. The Kier molecular flexibility index (Phi) is 5.15. The van der Waals surface area contributed by atoms with Gasteiger partial charge in [0, 0.05) is 18.7 Å². The van der Waals surface area contributed by atoms with Gasteiger partial charge in [-0.1, -0.05) is 17.7 Å². The number of rotatable bonds is 3. The van der Waals surface area contributed by atoms with E-state index >= 15 is 0 Å². The van der Waals surface area contributed by atoms with Gasteiger partial charge in [0.05, 0.1) is 18.1 Å². The third kappa shape index (κ3) is 4.24. The summed E-state index contributed by atoms with van der Waals surface area (Å²) in [5, 5.41) is 0. The van der Waals surface area contributed by atoms with Crippen LogP contribution in [0.2, 0.25) is 0 Å². The number of sulfonamides is 1. The summed E-state index contributed by atoms with van der Waals surface area (Å²) in [6.45, 7) is 3.92. The van der Waals surface area contributed by atoms with E-state index in [0.29, 0.717) is 37.7 Å². The monoisotopic (exact) mass is 362 g/mol. The molecule has 5 nitrogen and oxygen atoms in total. The van der Waals surface area contributed by atoms with Crippen molar-refractivity contribution in [3.05, 3.63) is 65.5 Å². The molecule has 0 spiro atoms. The second kappa shape index (κ2) is 7.33. The minimum atomic E-state index is -3.87. The molecule has 0 amide bonds. The van der Waals surface area contributed by atoms with Gasteiger partial charge < -0.3 is 9.64 Å². The van der Waals surface area contributed by atoms with E-state index in [9.17, 15) is 12.8 Å². The Morgan fingerprint density at radius 1 is 1.04 bits per heavy atom. The number of benzene rings is 2. The van der Waals surface area contributed by atoms with Crippen LogP contribution in [0.3, 0.4) is 0 Å². The Labute approximate surface area is 146 Å². The number of aryl methyl sites for hydroxylation is 1. The maximum absolute atomic E-state index is 13.2. The molecular weight excluding hydrogens is 343 g/mol. The zero-order valence-electron chi connectivity index (χ0n) is 13.9. The summed E-state index contributed by atoms with van der Waals surface area (Å²) in [4.78, 5) is 1.98. The first kappa shape index (κ1) is 17.6. The molecule has 0 atom stereocenters. The van der Waals surface area contributed by atoms with Gasteiger partial charge in [0.2, 0.25) is 0 Å². The van der Waals surface area contributed by atoms with Gasteiger partial charge in [0.15, 0.2) is 0 Å². The fourth-order valence-electron chi connectivity index (χ4n) is 2.54. The number of halogens is 1. The molecule has 2 aromatic rings. The lowest BCUT2D eigenvalue weighted by atomic mass is 10.2. The third-order valence-corrected chi connectivity index (χ3v) is 5.22. The molecule has 132 valence electrons. The van der Waals surface area contributed by atoms with Crippen molar-refractivity contribution in [1.29, 1.82) is 0 Å². The zero-order chi connectivity index (χ0) is 17.9. The predicted molar refractivity (Wildman–Crippen MR) is 93.7 cm³/mol. The average Bonchev–Trinajstić information content (AvgIpc) is 2.62. The molecule has 0 N–H and O–H groups in total. The molecule has 25 heavy (non-hydrogen) atoms. The maximum atomic E-state index is 13.2. The highest BCUT2D eigenvalue weighted by Crippen LogP contribution is 2.17. The molecule has 0 aliphatic carbocycles. The van der Waals surface area contributed by atoms with E-state index in [0.717, 1.165) is 5.56 Å². The lowest BCUT2D eigenvalue weighted by Crippen LogP contribution is -2.41. The molecule has 1 aliphatic rings. The minimum Gasteiger partial charge on any atom is -0.378 e. The first-order valence-electron chi connectivity index (χ1n) is 7.96. The molecule has 0 unspecified atom stereocenters. The summed E-state index contributed by atoms with van der Waals surface area (Å²) in [6.07, 6.45) is 0. The molecule has 2 aromatic carbocycles. The molecule has 0 radical (unpaired) electrons. The summed E-state index contributed by atoms with van der Waals surface area (Å²) < 4.78 is 48.1. The number of ether oxygens (including phenoxy) is 1. The molecule has 0 saturated carbocycles. The smallest absolute Gasteiger partial charge is 0.284 e. The Hall–Kier alpha value is -2.25. The van der Waals surface area contributed by atoms with Crippen LogP contribution in [-0.2, 0) is 14.8 Å². The molecule has 3 rings (SSSR count). The van der Waals surface area contributed by atoms with Crippen molar-refractivity contribution in [3.63, 3.8) is 0 Å². The van der Waals surface area contributed by atoms with E-state index in [4.69, 9.17) is 4.74 Å². The van der Waals surface area contributed by atoms with Gasteiger partial charge in [-0.2, -0.15) is 8.42 Å². The Bertz CT molecular complexity index is 856. The van der Waals surface area contributed by atoms with E-state index in [1.54, 1.807) is 12.1 Å². The molecule has 7 heteroatoms. The highest BCUT2D eigenvalue weighted by atomic mass is 32.2. The van der Waals surface area contributed by atoms with Gasteiger partial charge in [-0.05, 0) is 43.3 Å². The summed E-state index contributed by atoms with van der Waals surface area (Å²) in [5.74, 6) is -0.0738. The van der Waals surface area contributed by atoms with Crippen LogP contribution in [0.1, 0.15) is 11.1 Å². The van der Waals surface area contributed by atoms with Gasteiger partial charge >= 0.3 is 0 Å². The fraction of sp³-hybridized carbons (Fsp3) is 0.278. The fourth-order valence-corrected chi connectivity index (χ4v) is 3.58. The van der Waals surface area contributed by atoms with Crippen LogP contribution >= 0.6 is 0 Å². The topological polar surface area (TPSA) is 59.0 Å². The van der Waals surface area contributed by atoms with E-state index in [-0.39, 0.29) is 10.7 Å². The standard InChI is InChI=1S/C18H19FN2O3S/c1-14-2-8-17(9-3-14)25(22,23)20-18(21-10-12-24-13-11-21)15-4-6-16(19)7-5-15/h2-9H,10-13H2,1H3. The quantitative estimate of drug-likeness (QED) is 0.622. The van der Waals surface area contributed by atoms with Crippen molar-refractivity contribution in [3.8, 4) is 0 Å². The van der Waals surface area contributed by atoms with E-state index in [2.05, 4.69) is 4.40 Å². The summed E-state index contributed by atoms with van der Waals surface area (Å²) in [5.41, 5.74) is 1.52. The van der Waals surface area contributed by atoms with Crippen molar-refractivity contribution >= 4 is 15.9 Å². The summed E-state index contributed by atoms with van der Waals surface area (Å²) in [6, 6.07) is 12.2. The van der Waals surface area contributed by atoms with Crippen molar-refractivity contribution < 1.29 is 17.5 Å². The number of nitrogens with zero attached hydrogens (tertiary/aromatic N) is 2. The largest absolute Gasteiger partial charge is 0.378 e. The van der Waals surface area contributed by atoms with Crippen LogP contribution in [0, 0.1) is 12.7 Å². The molecular formula is C18H19FN2O3S. The van der Waals surface area contributed by atoms with E-state index < -0.39 is 10.0 Å². The normalized spacial score (nSPS) is 16.1. The van der Waals surface area contributed by atoms with Gasteiger partial charge in [0.1, 0.15) is 11.7 Å². The number of morpholine rings is 1. The molecule has 1 heterocycles. The average molecular weight is 362 g/mol. The van der Waals surface area contributed by atoms with Crippen molar-refractivity contribution in [2.45, 2.75) is 11.8 Å². The molecule has 0 bridgehead atoms. The van der Waals surface area contributed by atoms with Crippen LogP contribution in [0.25, 0.3) is 0 Å². The SMILES string of the molecule is Cc1ccc(S(=O)(=O)N=C(c2ccc(F)cc2)N2CCOCC2)cc1. The van der Waals surface area contributed by atoms with Crippen molar-refractivity contribution in [2.75, 3.05) is 26.3 Å².